The molecule has 1 aliphatic rings. The quantitative estimate of drug-likeness (QED) is 0.792. The lowest BCUT2D eigenvalue weighted by Gasteiger charge is -2.26. The minimum Gasteiger partial charge on any atom is -0.466 e. The van der Waals surface area contributed by atoms with E-state index in [9.17, 15) is 9.90 Å². The van der Waals surface area contributed by atoms with Gasteiger partial charge < -0.3 is 20.2 Å². The highest BCUT2D eigenvalue weighted by atomic mass is 16.4. The van der Waals surface area contributed by atoms with E-state index in [0.717, 1.165) is 24.1 Å². The van der Waals surface area contributed by atoms with Crippen LogP contribution in [0.15, 0.2) is 41.0 Å². The zero-order valence-electron chi connectivity index (χ0n) is 13.4. The fraction of sp³-hybridized carbons (Fsp3) is 0.389. The molecule has 0 radical (unpaired) electrons. The number of aliphatic hydroxyl groups is 1. The summed E-state index contributed by atoms with van der Waals surface area (Å²) in [6.45, 7) is 4.15. The lowest BCUT2D eigenvalue weighted by atomic mass is 9.94. The molecule has 1 unspecified atom stereocenters. The molecule has 2 aromatic rings. The zero-order valence-corrected chi connectivity index (χ0v) is 13.4. The summed E-state index contributed by atoms with van der Waals surface area (Å²) in [5, 5.41) is 16.4. The van der Waals surface area contributed by atoms with E-state index in [1.54, 1.807) is 12.1 Å². The van der Waals surface area contributed by atoms with E-state index in [1.807, 2.05) is 32.0 Å². The first-order chi connectivity index (χ1) is 11.0. The lowest BCUT2D eigenvalue weighted by Crippen LogP contribution is -2.43. The van der Waals surface area contributed by atoms with Crippen molar-refractivity contribution in [2.75, 3.05) is 11.9 Å². The molecule has 2 amide bonds. The molecule has 1 fully saturated rings. The summed E-state index contributed by atoms with van der Waals surface area (Å²) in [4.78, 5) is 12.1. The summed E-state index contributed by atoms with van der Waals surface area (Å²) in [7, 11) is 0. The fourth-order valence-corrected chi connectivity index (χ4v) is 2.73. The zero-order chi connectivity index (χ0) is 16.4. The Balaban J connectivity index is 1.62. The molecule has 1 aromatic heterocycles. The van der Waals surface area contributed by atoms with E-state index in [1.165, 1.54) is 11.8 Å². The third-order valence-corrected chi connectivity index (χ3v) is 4.48. The van der Waals surface area contributed by atoms with Crippen LogP contribution in [0.3, 0.4) is 0 Å². The molecule has 0 bridgehead atoms. The van der Waals surface area contributed by atoms with Crippen molar-refractivity contribution in [1.82, 2.24) is 5.32 Å². The predicted octanol–water partition coefficient (Wildman–Crippen LogP) is 3.32. The number of carbonyl (C=O) groups excluding carboxylic acids is 1. The van der Waals surface area contributed by atoms with Gasteiger partial charge in [0, 0.05) is 5.69 Å². The maximum Gasteiger partial charge on any atom is 0.319 e. The van der Waals surface area contributed by atoms with Gasteiger partial charge in [0.1, 0.15) is 11.4 Å². The first-order valence-electron chi connectivity index (χ1n) is 7.87. The molecule has 1 saturated carbocycles. The van der Waals surface area contributed by atoms with Crippen molar-refractivity contribution < 1.29 is 14.3 Å². The Morgan fingerprint density at radius 3 is 2.70 bits per heavy atom. The molecule has 1 aliphatic carbocycles. The van der Waals surface area contributed by atoms with E-state index in [4.69, 9.17) is 4.42 Å². The van der Waals surface area contributed by atoms with Gasteiger partial charge in [0.05, 0.1) is 12.8 Å². The molecule has 5 heteroatoms. The molecule has 122 valence electrons. The number of rotatable bonds is 5. The second-order valence-electron chi connectivity index (χ2n) is 6.28. The number of nitrogens with one attached hydrogen (secondary N) is 2. The van der Waals surface area contributed by atoms with Crippen molar-refractivity contribution in [3.63, 3.8) is 0 Å². The Bertz CT molecular complexity index is 692. The molecule has 0 aliphatic heterocycles. The van der Waals surface area contributed by atoms with Gasteiger partial charge in [0.15, 0.2) is 0 Å². The normalized spacial score (nSPS) is 16.7. The van der Waals surface area contributed by atoms with Gasteiger partial charge in [-0.25, -0.2) is 4.79 Å². The highest BCUT2D eigenvalue weighted by Gasteiger charge is 2.47. The van der Waals surface area contributed by atoms with Crippen LogP contribution in [0.2, 0.25) is 0 Å². The Morgan fingerprint density at radius 1 is 1.30 bits per heavy atom. The van der Waals surface area contributed by atoms with Crippen LogP contribution < -0.4 is 10.6 Å². The number of amides is 2. The Morgan fingerprint density at radius 2 is 2.09 bits per heavy atom. The second kappa shape index (κ2) is 6.08. The Kier molecular flexibility index (Phi) is 4.13. The monoisotopic (exact) mass is 314 g/mol. The van der Waals surface area contributed by atoms with Crippen molar-refractivity contribution >= 4 is 11.7 Å². The maximum absolute atomic E-state index is 12.1. The van der Waals surface area contributed by atoms with Gasteiger partial charge in [0.2, 0.25) is 0 Å². The molecule has 0 saturated heterocycles. The number of anilines is 1. The maximum atomic E-state index is 12.1. The summed E-state index contributed by atoms with van der Waals surface area (Å²) < 4.78 is 5.36. The molecule has 23 heavy (non-hydrogen) atoms. The van der Waals surface area contributed by atoms with E-state index in [0.29, 0.717) is 5.76 Å². The van der Waals surface area contributed by atoms with Gasteiger partial charge in [-0.05, 0) is 68.0 Å². The minimum absolute atomic E-state index is 0.127. The summed E-state index contributed by atoms with van der Waals surface area (Å²) >= 11 is 0. The third kappa shape index (κ3) is 3.40. The smallest absolute Gasteiger partial charge is 0.319 e. The molecular formula is C18H22N2O3. The van der Waals surface area contributed by atoms with Crippen molar-refractivity contribution in [3.8, 4) is 0 Å². The van der Waals surface area contributed by atoms with Gasteiger partial charge >= 0.3 is 6.03 Å². The highest BCUT2D eigenvalue weighted by Crippen LogP contribution is 2.45. The van der Waals surface area contributed by atoms with Gasteiger partial charge in [-0.3, -0.25) is 0 Å². The SMILES string of the molecule is Cc1ccc(NC(=O)NCC(O)(c2ccco2)C2CC2)cc1C. The van der Waals surface area contributed by atoms with E-state index < -0.39 is 5.60 Å². The number of hydrogen-bond donors (Lipinski definition) is 3. The minimum atomic E-state index is -1.13. The molecule has 1 aromatic carbocycles. The first kappa shape index (κ1) is 15.6. The number of urea groups is 1. The Labute approximate surface area is 135 Å². The number of furan rings is 1. The highest BCUT2D eigenvalue weighted by molar-refractivity contribution is 5.89. The average Bonchev–Trinajstić information content (AvgIpc) is 3.24. The molecular weight excluding hydrogens is 292 g/mol. The number of hydrogen-bond acceptors (Lipinski definition) is 3. The molecule has 3 rings (SSSR count). The van der Waals surface area contributed by atoms with Gasteiger partial charge in [-0.2, -0.15) is 0 Å². The van der Waals surface area contributed by atoms with Crippen LogP contribution >= 0.6 is 0 Å². The van der Waals surface area contributed by atoms with E-state index in [2.05, 4.69) is 10.6 Å². The number of aryl methyl sites for hydroxylation is 2. The summed E-state index contributed by atoms with van der Waals surface area (Å²) in [6.07, 6.45) is 3.42. The van der Waals surface area contributed by atoms with Crippen LogP contribution in [0, 0.1) is 19.8 Å². The van der Waals surface area contributed by atoms with Gasteiger partial charge in [-0.15, -0.1) is 0 Å². The van der Waals surface area contributed by atoms with E-state index in [-0.39, 0.29) is 18.5 Å². The van der Waals surface area contributed by atoms with Crippen LogP contribution in [0.5, 0.6) is 0 Å². The summed E-state index contributed by atoms with van der Waals surface area (Å²) in [5.74, 6) is 0.641. The molecule has 1 atom stereocenters. The lowest BCUT2D eigenvalue weighted by molar-refractivity contribution is -0.00414. The fourth-order valence-electron chi connectivity index (χ4n) is 2.73. The number of carbonyl (C=O) groups is 1. The van der Waals surface area contributed by atoms with Crippen LogP contribution in [0.25, 0.3) is 0 Å². The molecule has 3 N–H and O–H groups in total. The van der Waals surface area contributed by atoms with Crippen LogP contribution in [-0.2, 0) is 5.60 Å². The van der Waals surface area contributed by atoms with Crippen LogP contribution in [0.1, 0.15) is 29.7 Å². The summed E-state index contributed by atoms with van der Waals surface area (Å²) in [5.41, 5.74) is 1.90. The van der Waals surface area contributed by atoms with Crippen molar-refractivity contribution in [1.29, 1.82) is 0 Å². The van der Waals surface area contributed by atoms with Crippen molar-refractivity contribution in [2.45, 2.75) is 32.3 Å². The topological polar surface area (TPSA) is 74.5 Å². The van der Waals surface area contributed by atoms with Crippen LogP contribution in [0.4, 0.5) is 10.5 Å². The average molecular weight is 314 g/mol. The first-order valence-corrected chi connectivity index (χ1v) is 7.87. The van der Waals surface area contributed by atoms with Gasteiger partial charge in [-0.1, -0.05) is 6.07 Å². The largest absolute Gasteiger partial charge is 0.466 e. The Hall–Kier alpha value is -2.27. The van der Waals surface area contributed by atoms with Crippen molar-refractivity contribution in [3.05, 3.63) is 53.5 Å². The van der Waals surface area contributed by atoms with Crippen LogP contribution in [-0.4, -0.2) is 17.7 Å². The molecule has 0 spiro atoms. The molecule has 1 heterocycles. The van der Waals surface area contributed by atoms with Crippen molar-refractivity contribution in [2.24, 2.45) is 5.92 Å². The van der Waals surface area contributed by atoms with E-state index >= 15 is 0 Å². The third-order valence-electron chi connectivity index (χ3n) is 4.48. The molecule has 5 nitrogen and oxygen atoms in total. The second-order valence-corrected chi connectivity index (χ2v) is 6.28. The number of benzene rings is 1. The predicted molar refractivity (Wildman–Crippen MR) is 88.3 cm³/mol. The standard InChI is InChI=1S/C18H22N2O3/c1-12-5-8-15(10-13(12)2)20-17(21)19-11-18(22,14-6-7-14)16-4-3-9-23-16/h3-5,8-10,14,22H,6-7,11H2,1-2H3,(H2,19,20,21). The van der Waals surface area contributed by atoms with Gasteiger partial charge in [0.25, 0.3) is 0 Å². The summed E-state index contributed by atoms with van der Waals surface area (Å²) in [6, 6.07) is 8.92.